The molecule has 0 aliphatic heterocycles. The van der Waals surface area contributed by atoms with Gasteiger partial charge in [0, 0.05) is 6.07 Å². The van der Waals surface area contributed by atoms with Gasteiger partial charge in [0.25, 0.3) is 11.4 Å². The van der Waals surface area contributed by atoms with Crippen LogP contribution in [-0.4, -0.2) is 34.4 Å². The number of ether oxygens (including phenoxy) is 2. The van der Waals surface area contributed by atoms with Gasteiger partial charge in [0.05, 0.1) is 25.6 Å². The van der Waals surface area contributed by atoms with E-state index in [2.05, 4.69) is 25.5 Å². The lowest BCUT2D eigenvalue weighted by molar-refractivity contribution is 0.342. The van der Waals surface area contributed by atoms with Gasteiger partial charge in [-0.1, -0.05) is 0 Å². The van der Waals surface area contributed by atoms with Crippen LogP contribution in [-0.2, 0) is 0 Å². The van der Waals surface area contributed by atoms with Crippen molar-refractivity contribution < 1.29 is 9.47 Å². The topological polar surface area (TPSA) is 102 Å². The van der Waals surface area contributed by atoms with Gasteiger partial charge in [-0.05, 0) is 6.92 Å². The second-order valence-corrected chi connectivity index (χ2v) is 3.64. The summed E-state index contributed by atoms with van der Waals surface area (Å²) in [5, 5.41) is 10.2. The van der Waals surface area contributed by atoms with E-state index in [0.29, 0.717) is 23.0 Å². The molecular formula is C11H13N5O3. The maximum atomic E-state index is 11.1. The molecule has 0 saturated heterocycles. The maximum Gasteiger partial charge on any atom is 0.271 e. The number of aromatic amines is 1. The van der Waals surface area contributed by atoms with Crippen molar-refractivity contribution in [3.05, 3.63) is 28.3 Å². The number of nitrogens with zero attached hydrogens (tertiary/aromatic N) is 3. The van der Waals surface area contributed by atoms with Gasteiger partial charge in [-0.15, -0.1) is 10.2 Å². The Bertz CT molecular complexity index is 640. The number of aryl methyl sites for hydroxylation is 1. The fraction of sp³-hybridized carbons (Fsp3) is 0.273. The average Bonchev–Trinajstić information content (AvgIpc) is 2.40. The van der Waals surface area contributed by atoms with Crippen LogP contribution in [0.3, 0.4) is 0 Å². The van der Waals surface area contributed by atoms with E-state index < -0.39 is 0 Å². The zero-order valence-corrected chi connectivity index (χ0v) is 10.7. The number of hydrogen-bond acceptors (Lipinski definition) is 7. The minimum atomic E-state index is -0.344. The van der Waals surface area contributed by atoms with Crippen molar-refractivity contribution >= 4 is 11.6 Å². The van der Waals surface area contributed by atoms with E-state index in [-0.39, 0.29) is 11.5 Å². The minimum absolute atomic E-state index is 0.226. The van der Waals surface area contributed by atoms with Crippen molar-refractivity contribution in [1.29, 1.82) is 0 Å². The summed E-state index contributed by atoms with van der Waals surface area (Å²) in [5.41, 5.74) is 0.960. The van der Waals surface area contributed by atoms with Crippen molar-refractivity contribution in [2.45, 2.75) is 6.92 Å². The predicted molar refractivity (Wildman–Crippen MR) is 68.0 cm³/mol. The summed E-state index contributed by atoms with van der Waals surface area (Å²) in [6.07, 6.45) is 1.09. The number of pyridine rings is 1. The van der Waals surface area contributed by atoms with Crippen LogP contribution in [0.1, 0.15) is 5.69 Å². The van der Waals surface area contributed by atoms with E-state index in [1.165, 1.54) is 14.2 Å². The Balaban J connectivity index is 2.37. The number of rotatable bonds is 4. The van der Waals surface area contributed by atoms with Gasteiger partial charge in [-0.2, -0.15) is 0 Å². The molecule has 0 amide bonds. The first-order valence-corrected chi connectivity index (χ1v) is 5.42. The van der Waals surface area contributed by atoms with Gasteiger partial charge in [0.1, 0.15) is 6.20 Å². The highest BCUT2D eigenvalue weighted by Gasteiger charge is 2.11. The smallest absolute Gasteiger partial charge is 0.271 e. The molecule has 0 atom stereocenters. The fourth-order valence-corrected chi connectivity index (χ4v) is 1.48. The molecule has 2 rings (SSSR count). The van der Waals surface area contributed by atoms with E-state index in [1.807, 2.05) is 0 Å². The zero-order chi connectivity index (χ0) is 13.8. The number of methoxy groups -OCH3 is 2. The van der Waals surface area contributed by atoms with E-state index in [0.717, 1.165) is 6.20 Å². The molecule has 2 heterocycles. The third-order valence-corrected chi connectivity index (χ3v) is 2.39. The van der Waals surface area contributed by atoms with Crippen LogP contribution in [0.25, 0.3) is 0 Å². The summed E-state index contributed by atoms with van der Waals surface area (Å²) in [6, 6.07) is 1.70. The molecule has 0 saturated carbocycles. The van der Waals surface area contributed by atoms with Gasteiger partial charge in [-0.3, -0.25) is 9.78 Å². The minimum Gasteiger partial charge on any atom is -0.491 e. The molecule has 19 heavy (non-hydrogen) atoms. The summed E-state index contributed by atoms with van der Waals surface area (Å²) in [6.45, 7) is 1.79. The normalized spacial score (nSPS) is 10.1. The highest BCUT2D eigenvalue weighted by Crippen LogP contribution is 2.30. The first-order chi connectivity index (χ1) is 9.13. The maximum absolute atomic E-state index is 11.1. The molecule has 2 N–H and O–H groups in total. The lowest BCUT2D eigenvalue weighted by Crippen LogP contribution is -2.11. The van der Waals surface area contributed by atoms with Crippen LogP contribution in [0.2, 0.25) is 0 Å². The van der Waals surface area contributed by atoms with Gasteiger partial charge >= 0.3 is 0 Å². The Morgan fingerprint density at radius 2 is 2.11 bits per heavy atom. The van der Waals surface area contributed by atoms with E-state index in [4.69, 9.17) is 9.47 Å². The molecule has 0 aliphatic rings. The van der Waals surface area contributed by atoms with E-state index in [1.54, 1.807) is 13.0 Å². The molecule has 2 aromatic heterocycles. The molecule has 0 radical (unpaired) electrons. The number of hydrogen-bond donors (Lipinski definition) is 2. The second kappa shape index (κ2) is 5.34. The summed E-state index contributed by atoms with van der Waals surface area (Å²) >= 11 is 0. The molecule has 0 bridgehead atoms. The Hall–Kier alpha value is -2.64. The van der Waals surface area contributed by atoms with Crippen molar-refractivity contribution in [2.75, 3.05) is 19.5 Å². The number of anilines is 2. The summed E-state index contributed by atoms with van der Waals surface area (Å²) in [4.78, 5) is 17.9. The highest BCUT2D eigenvalue weighted by atomic mass is 16.5. The summed E-state index contributed by atoms with van der Waals surface area (Å²) in [5.74, 6) is 1.09. The largest absolute Gasteiger partial charge is 0.491 e. The van der Waals surface area contributed by atoms with Crippen LogP contribution in [0.5, 0.6) is 11.6 Å². The Labute approximate surface area is 108 Å². The van der Waals surface area contributed by atoms with Crippen molar-refractivity contribution in [3.8, 4) is 11.6 Å². The molecular weight excluding hydrogens is 250 g/mol. The SMILES string of the molecule is COc1cc(Nc2nncc(=O)[nH]2)c(C)nc1OC. The van der Waals surface area contributed by atoms with Crippen molar-refractivity contribution in [3.63, 3.8) is 0 Å². The molecule has 0 spiro atoms. The van der Waals surface area contributed by atoms with Crippen molar-refractivity contribution in [1.82, 2.24) is 20.2 Å². The molecule has 8 nitrogen and oxygen atoms in total. The quantitative estimate of drug-likeness (QED) is 0.833. The molecule has 2 aromatic rings. The molecule has 0 aliphatic carbocycles. The average molecular weight is 263 g/mol. The second-order valence-electron chi connectivity index (χ2n) is 3.64. The first kappa shape index (κ1) is 12.8. The van der Waals surface area contributed by atoms with Crippen LogP contribution in [0.15, 0.2) is 17.1 Å². The third kappa shape index (κ3) is 2.79. The van der Waals surface area contributed by atoms with Gasteiger partial charge < -0.3 is 14.8 Å². The lowest BCUT2D eigenvalue weighted by Gasteiger charge is -2.12. The van der Waals surface area contributed by atoms with Crippen LogP contribution < -0.4 is 20.3 Å². The highest BCUT2D eigenvalue weighted by molar-refractivity contribution is 5.60. The molecule has 100 valence electrons. The molecule has 0 unspecified atom stereocenters. The molecule has 8 heteroatoms. The monoisotopic (exact) mass is 263 g/mol. The third-order valence-electron chi connectivity index (χ3n) is 2.39. The molecule has 0 fully saturated rings. The Morgan fingerprint density at radius 1 is 1.32 bits per heavy atom. The van der Waals surface area contributed by atoms with Crippen molar-refractivity contribution in [2.24, 2.45) is 0 Å². The van der Waals surface area contributed by atoms with Gasteiger partial charge in [0.2, 0.25) is 5.95 Å². The number of H-pyrrole nitrogens is 1. The standard InChI is InChI=1S/C11H13N5O3/c1-6-7(4-8(18-2)10(13-6)19-3)14-11-15-9(17)5-12-16-11/h4-5H,1-3H3,(H2,14,15,16,17). The molecule has 0 aromatic carbocycles. The lowest BCUT2D eigenvalue weighted by atomic mass is 10.3. The first-order valence-electron chi connectivity index (χ1n) is 5.42. The van der Waals surface area contributed by atoms with Crippen LogP contribution >= 0.6 is 0 Å². The van der Waals surface area contributed by atoms with Crippen LogP contribution in [0, 0.1) is 6.92 Å². The van der Waals surface area contributed by atoms with E-state index >= 15 is 0 Å². The predicted octanol–water partition coefficient (Wildman–Crippen LogP) is 0.629. The zero-order valence-electron chi connectivity index (χ0n) is 10.7. The summed E-state index contributed by atoms with van der Waals surface area (Å²) < 4.78 is 10.2. The summed E-state index contributed by atoms with van der Waals surface area (Å²) in [7, 11) is 3.03. The van der Waals surface area contributed by atoms with Gasteiger partial charge in [0.15, 0.2) is 5.75 Å². The van der Waals surface area contributed by atoms with Gasteiger partial charge in [-0.25, -0.2) is 4.98 Å². The number of aromatic nitrogens is 4. The Morgan fingerprint density at radius 3 is 2.74 bits per heavy atom. The van der Waals surface area contributed by atoms with Crippen LogP contribution in [0.4, 0.5) is 11.6 Å². The fourth-order valence-electron chi connectivity index (χ4n) is 1.48. The van der Waals surface area contributed by atoms with E-state index in [9.17, 15) is 4.79 Å². The number of nitrogens with one attached hydrogen (secondary N) is 2. The Kier molecular flexibility index (Phi) is 3.60.